The van der Waals surface area contributed by atoms with Gasteiger partial charge in [0.25, 0.3) is 0 Å². The Labute approximate surface area is 125 Å². The van der Waals surface area contributed by atoms with Crippen LogP contribution in [0.1, 0.15) is 22.6 Å². The van der Waals surface area contributed by atoms with Gasteiger partial charge < -0.3 is 5.11 Å². The highest BCUT2D eigenvalue weighted by atomic mass is 79.9. The van der Waals surface area contributed by atoms with Crippen molar-refractivity contribution in [1.29, 1.82) is 0 Å². The molecule has 0 heterocycles. The maximum atomic E-state index is 13.6. The summed E-state index contributed by atoms with van der Waals surface area (Å²) in [5.74, 6) is -2.06. The van der Waals surface area contributed by atoms with Gasteiger partial charge in [-0.2, -0.15) is 0 Å². The van der Waals surface area contributed by atoms with E-state index < -0.39 is 11.9 Å². The summed E-state index contributed by atoms with van der Waals surface area (Å²) < 4.78 is 14.5. The summed E-state index contributed by atoms with van der Waals surface area (Å²) in [5, 5.41) is 9.37. The Morgan fingerprint density at radius 3 is 2.45 bits per heavy atom. The predicted octanol–water partition coefficient (Wildman–Crippen LogP) is 4.31. The van der Waals surface area contributed by atoms with Crippen LogP contribution in [0.4, 0.5) is 4.39 Å². The molecule has 1 N–H and O–H groups in total. The zero-order valence-corrected chi connectivity index (χ0v) is 12.5. The van der Waals surface area contributed by atoms with E-state index in [0.717, 1.165) is 10.0 Å². The van der Waals surface area contributed by atoms with Crippen molar-refractivity contribution in [2.45, 2.75) is 19.3 Å². The molecule has 0 amide bonds. The topological polar surface area (TPSA) is 37.3 Å². The molecule has 0 bridgehead atoms. The van der Waals surface area contributed by atoms with E-state index in [-0.39, 0.29) is 5.82 Å². The van der Waals surface area contributed by atoms with Gasteiger partial charge in [0.15, 0.2) is 0 Å². The SMILES string of the molecule is Cc1ccc(C(Cc2ccc(Br)cc2)C(=O)O)cc1F. The average Bonchev–Trinajstić information content (AvgIpc) is 2.41. The van der Waals surface area contributed by atoms with Crippen molar-refractivity contribution in [2.24, 2.45) is 0 Å². The molecule has 20 heavy (non-hydrogen) atoms. The molecule has 0 aliphatic carbocycles. The number of hydrogen-bond acceptors (Lipinski definition) is 1. The van der Waals surface area contributed by atoms with E-state index in [9.17, 15) is 14.3 Å². The Bertz CT molecular complexity index is 623. The number of hydrogen-bond donors (Lipinski definition) is 1. The van der Waals surface area contributed by atoms with Crippen molar-refractivity contribution in [1.82, 2.24) is 0 Å². The summed E-state index contributed by atoms with van der Waals surface area (Å²) in [6.45, 7) is 1.66. The van der Waals surface area contributed by atoms with Crippen LogP contribution in [0.25, 0.3) is 0 Å². The molecule has 1 atom stereocenters. The van der Waals surface area contributed by atoms with Crippen molar-refractivity contribution in [3.8, 4) is 0 Å². The van der Waals surface area contributed by atoms with Crippen LogP contribution in [-0.2, 0) is 11.2 Å². The number of halogens is 2. The maximum Gasteiger partial charge on any atom is 0.311 e. The Morgan fingerprint density at radius 1 is 1.25 bits per heavy atom. The number of rotatable bonds is 4. The molecule has 0 saturated carbocycles. The van der Waals surface area contributed by atoms with E-state index in [1.807, 2.05) is 24.3 Å². The Kier molecular flexibility index (Phi) is 4.55. The number of carboxylic acid groups (broad SMARTS) is 1. The van der Waals surface area contributed by atoms with Crippen molar-refractivity contribution < 1.29 is 14.3 Å². The molecule has 2 nitrogen and oxygen atoms in total. The standard InChI is InChI=1S/C16H14BrFO2/c1-10-2-5-12(9-15(10)18)14(16(19)20)8-11-3-6-13(17)7-4-11/h2-7,9,14H,8H2,1H3,(H,19,20). The molecule has 0 aliphatic rings. The molecule has 0 saturated heterocycles. The number of benzene rings is 2. The fourth-order valence-electron chi connectivity index (χ4n) is 2.03. The summed E-state index contributed by atoms with van der Waals surface area (Å²) >= 11 is 3.34. The van der Waals surface area contributed by atoms with Crippen molar-refractivity contribution in [3.63, 3.8) is 0 Å². The highest BCUT2D eigenvalue weighted by Gasteiger charge is 2.21. The first-order chi connectivity index (χ1) is 9.47. The van der Waals surface area contributed by atoms with Crippen LogP contribution < -0.4 is 0 Å². The van der Waals surface area contributed by atoms with Crippen LogP contribution in [0.5, 0.6) is 0 Å². The predicted molar refractivity (Wildman–Crippen MR) is 79.4 cm³/mol. The molecule has 104 valence electrons. The molecule has 0 fully saturated rings. The number of aryl methyl sites for hydroxylation is 1. The summed E-state index contributed by atoms with van der Waals surface area (Å²) in [6.07, 6.45) is 0.338. The molecular weight excluding hydrogens is 323 g/mol. The third-order valence-electron chi connectivity index (χ3n) is 3.25. The van der Waals surface area contributed by atoms with E-state index in [1.165, 1.54) is 6.07 Å². The van der Waals surface area contributed by atoms with Gasteiger partial charge in [0.2, 0.25) is 0 Å². The van der Waals surface area contributed by atoms with Crippen LogP contribution >= 0.6 is 15.9 Å². The lowest BCUT2D eigenvalue weighted by molar-refractivity contribution is -0.138. The Balaban J connectivity index is 2.29. The third-order valence-corrected chi connectivity index (χ3v) is 3.78. The normalized spacial score (nSPS) is 12.2. The van der Waals surface area contributed by atoms with E-state index in [2.05, 4.69) is 15.9 Å². The number of carbonyl (C=O) groups is 1. The Hall–Kier alpha value is -1.68. The minimum Gasteiger partial charge on any atom is -0.481 e. The molecular formula is C16H14BrFO2. The zero-order valence-electron chi connectivity index (χ0n) is 10.9. The van der Waals surface area contributed by atoms with Crippen molar-refractivity contribution in [2.75, 3.05) is 0 Å². The van der Waals surface area contributed by atoms with Gasteiger partial charge in [-0.05, 0) is 48.2 Å². The zero-order chi connectivity index (χ0) is 14.7. The minimum atomic E-state index is -0.948. The third kappa shape index (κ3) is 3.45. The van der Waals surface area contributed by atoms with Gasteiger partial charge in [-0.25, -0.2) is 4.39 Å². The molecule has 2 rings (SSSR count). The largest absolute Gasteiger partial charge is 0.481 e. The molecule has 0 aromatic heterocycles. The van der Waals surface area contributed by atoms with Gasteiger partial charge in [-0.15, -0.1) is 0 Å². The van der Waals surface area contributed by atoms with E-state index in [1.54, 1.807) is 19.1 Å². The second-order valence-corrected chi connectivity index (χ2v) is 5.65. The van der Waals surface area contributed by atoms with E-state index in [0.29, 0.717) is 17.5 Å². The highest BCUT2D eigenvalue weighted by Crippen LogP contribution is 2.24. The molecule has 0 spiro atoms. The monoisotopic (exact) mass is 336 g/mol. The van der Waals surface area contributed by atoms with E-state index in [4.69, 9.17) is 0 Å². The quantitative estimate of drug-likeness (QED) is 0.903. The lowest BCUT2D eigenvalue weighted by atomic mass is 9.91. The fourth-order valence-corrected chi connectivity index (χ4v) is 2.29. The summed E-state index contributed by atoms with van der Waals surface area (Å²) in [6, 6.07) is 12.1. The second-order valence-electron chi connectivity index (χ2n) is 4.73. The lowest BCUT2D eigenvalue weighted by Crippen LogP contribution is -2.14. The molecule has 2 aromatic rings. The first-order valence-corrected chi connectivity index (χ1v) is 7.00. The fraction of sp³-hybridized carbons (Fsp3) is 0.188. The molecule has 0 radical (unpaired) electrons. The maximum absolute atomic E-state index is 13.6. The highest BCUT2D eigenvalue weighted by molar-refractivity contribution is 9.10. The molecule has 2 aromatic carbocycles. The average molecular weight is 337 g/mol. The van der Waals surface area contributed by atoms with E-state index >= 15 is 0 Å². The van der Waals surface area contributed by atoms with Gasteiger partial charge in [0.1, 0.15) is 5.82 Å². The van der Waals surface area contributed by atoms with Crippen molar-refractivity contribution >= 4 is 21.9 Å². The molecule has 4 heteroatoms. The smallest absolute Gasteiger partial charge is 0.311 e. The summed E-state index contributed by atoms with van der Waals surface area (Å²) in [5.41, 5.74) is 1.91. The van der Waals surface area contributed by atoms with Gasteiger partial charge in [-0.1, -0.05) is 40.2 Å². The second kappa shape index (κ2) is 6.18. The van der Waals surface area contributed by atoms with Crippen LogP contribution in [-0.4, -0.2) is 11.1 Å². The molecule has 0 aliphatic heterocycles. The van der Waals surface area contributed by atoms with Crippen LogP contribution in [0, 0.1) is 12.7 Å². The first kappa shape index (κ1) is 14.7. The van der Waals surface area contributed by atoms with Gasteiger partial charge in [-0.3, -0.25) is 4.79 Å². The van der Waals surface area contributed by atoms with Gasteiger partial charge in [0, 0.05) is 4.47 Å². The van der Waals surface area contributed by atoms with Crippen molar-refractivity contribution in [3.05, 3.63) is 69.4 Å². The lowest BCUT2D eigenvalue weighted by Gasteiger charge is -2.13. The first-order valence-electron chi connectivity index (χ1n) is 6.20. The van der Waals surface area contributed by atoms with Gasteiger partial charge in [0.05, 0.1) is 5.92 Å². The van der Waals surface area contributed by atoms with Crippen LogP contribution in [0.15, 0.2) is 46.9 Å². The van der Waals surface area contributed by atoms with Crippen LogP contribution in [0.3, 0.4) is 0 Å². The summed E-state index contributed by atoms with van der Waals surface area (Å²) in [7, 11) is 0. The summed E-state index contributed by atoms with van der Waals surface area (Å²) in [4.78, 5) is 11.4. The number of aliphatic carboxylic acids is 1. The Morgan fingerprint density at radius 2 is 1.90 bits per heavy atom. The molecule has 1 unspecified atom stereocenters. The number of carboxylic acids is 1. The minimum absolute atomic E-state index is 0.338. The van der Waals surface area contributed by atoms with Gasteiger partial charge >= 0.3 is 5.97 Å². The van der Waals surface area contributed by atoms with Crippen LogP contribution in [0.2, 0.25) is 0 Å².